The standard InChI is InChI=1S/C15H25N3O3S/c1-4-5-9-22(20,21)18-14(12(2)3)15(19)17-11-13-7-6-8-16-10-13/h6-8,10,12,14,18H,4-5,9,11H2,1-3H3,(H,17,19)/t14-/m0/s1. The fraction of sp³-hybridized carbons (Fsp3) is 0.600. The van der Waals surface area contributed by atoms with E-state index in [1.54, 1.807) is 18.5 Å². The minimum Gasteiger partial charge on any atom is -0.351 e. The lowest BCUT2D eigenvalue weighted by Gasteiger charge is -2.21. The zero-order valence-corrected chi connectivity index (χ0v) is 14.2. The van der Waals surface area contributed by atoms with Crippen LogP contribution in [0.1, 0.15) is 39.2 Å². The molecule has 0 fully saturated rings. The summed E-state index contributed by atoms with van der Waals surface area (Å²) in [5.41, 5.74) is 0.868. The van der Waals surface area contributed by atoms with Gasteiger partial charge in [-0.1, -0.05) is 33.3 Å². The van der Waals surface area contributed by atoms with E-state index in [1.165, 1.54) is 0 Å². The number of carbonyl (C=O) groups excluding carboxylic acids is 1. The highest BCUT2D eigenvalue weighted by molar-refractivity contribution is 7.89. The van der Waals surface area contributed by atoms with Crippen LogP contribution in [0.5, 0.6) is 0 Å². The van der Waals surface area contributed by atoms with Crippen molar-refractivity contribution in [1.82, 2.24) is 15.0 Å². The number of unbranched alkanes of at least 4 members (excludes halogenated alkanes) is 1. The van der Waals surface area contributed by atoms with Crippen LogP contribution in [0.3, 0.4) is 0 Å². The van der Waals surface area contributed by atoms with E-state index in [0.29, 0.717) is 13.0 Å². The van der Waals surface area contributed by atoms with Gasteiger partial charge in [-0.25, -0.2) is 13.1 Å². The van der Waals surface area contributed by atoms with Gasteiger partial charge in [-0.2, -0.15) is 0 Å². The Morgan fingerprint density at radius 1 is 1.36 bits per heavy atom. The van der Waals surface area contributed by atoms with Gasteiger partial charge in [-0.3, -0.25) is 9.78 Å². The summed E-state index contributed by atoms with van der Waals surface area (Å²) >= 11 is 0. The summed E-state index contributed by atoms with van der Waals surface area (Å²) in [5.74, 6) is -0.410. The molecule has 1 atom stereocenters. The molecule has 0 spiro atoms. The molecule has 0 aliphatic heterocycles. The van der Waals surface area contributed by atoms with Crippen molar-refractivity contribution in [1.29, 1.82) is 0 Å². The van der Waals surface area contributed by atoms with Crippen LogP contribution in [0.15, 0.2) is 24.5 Å². The Morgan fingerprint density at radius 2 is 2.09 bits per heavy atom. The number of carbonyl (C=O) groups is 1. The zero-order valence-electron chi connectivity index (χ0n) is 13.4. The third-order valence-electron chi connectivity index (χ3n) is 3.21. The van der Waals surface area contributed by atoms with Gasteiger partial charge in [-0.15, -0.1) is 0 Å². The molecule has 124 valence electrons. The molecule has 0 aliphatic carbocycles. The number of rotatable bonds is 9. The van der Waals surface area contributed by atoms with Gasteiger partial charge >= 0.3 is 0 Å². The molecular formula is C15H25N3O3S. The molecule has 0 saturated heterocycles. The topological polar surface area (TPSA) is 88.2 Å². The fourth-order valence-corrected chi connectivity index (χ4v) is 3.43. The van der Waals surface area contributed by atoms with Crippen molar-refractivity contribution >= 4 is 15.9 Å². The maximum absolute atomic E-state index is 12.3. The van der Waals surface area contributed by atoms with Crippen LogP contribution in [0.2, 0.25) is 0 Å². The van der Waals surface area contributed by atoms with Crippen LogP contribution in [0.4, 0.5) is 0 Å². The maximum atomic E-state index is 12.3. The predicted molar refractivity (Wildman–Crippen MR) is 86.5 cm³/mol. The number of amides is 1. The lowest BCUT2D eigenvalue weighted by molar-refractivity contribution is -0.123. The summed E-state index contributed by atoms with van der Waals surface area (Å²) in [6, 6.07) is 2.87. The highest BCUT2D eigenvalue weighted by atomic mass is 32.2. The quantitative estimate of drug-likeness (QED) is 0.718. The van der Waals surface area contributed by atoms with Crippen molar-refractivity contribution in [2.75, 3.05) is 5.75 Å². The molecule has 1 rings (SSSR count). The minimum atomic E-state index is -3.44. The third-order valence-corrected chi connectivity index (χ3v) is 4.65. The molecule has 0 radical (unpaired) electrons. The van der Waals surface area contributed by atoms with Crippen molar-refractivity contribution in [3.8, 4) is 0 Å². The van der Waals surface area contributed by atoms with Gasteiger partial charge in [0.25, 0.3) is 0 Å². The van der Waals surface area contributed by atoms with E-state index in [2.05, 4.69) is 15.0 Å². The van der Waals surface area contributed by atoms with Crippen molar-refractivity contribution in [2.24, 2.45) is 5.92 Å². The molecule has 2 N–H and O–H groups in total. The average molecular weight is 327 g/mol. The third kappa shape index (κ3) is 6.53. The number of nitrogens with one attached hydrogen (secondary N) is 2. The number of hydrogen-bond acceptors (Lipinski definition) is 4. The van der Waals surface area contributed by atoms with E-state index >= 15 is 0 Å². The maximum Gasteiger partial charge on any atom is 0.238 e. The van der Waals surface area contributed by atoms with E-state index in [0.717, 1.165) is 12.0 Å². The van der Waals surface area contributed by atoms with E-state index in [9.17, 15) is 13.2 Å². The Bertz CT molecular complexity index is 559. The smallest absolute Gasteiger partial charge is 0.238 e. The predicted octanol–water partition coefficient (Wildman–Crippen LogP) is 1.44. The average Bonchev–Trinajstić information content (AvgIpc) is 2.49. The van der Waals surface area contributed by atoms with E-state index in [4.69, 9.17) is 0 Å². The second kappa shape index (κ2) is 8.85. The summed E-state index contributed by atoms with van der Waals surface area (Å²) in [5, 5.41) is 2.75. The number of sulfonamides is 1. The van der Waals surface area contributed by atoms with E-state index in [1.807, 2.05) is 26.8 Å². The fourth-order valence-electron chi connectivity index (χ4n) is 1.88. The van der Waals surface area contributed by atoms with Crippen molar-refractivity contribution in [2.45, 2.75) is 46.2 Å². The van der Waals surface area contributed by atoms with Crippen molar-refractivity contribution < 1.29 is 13.2 Å². The minimum absolute atomic E-state index is 0.0443. The molecule has 0 aliphatic rings. The van der Waals surface area contributed by atoms with E-state index < -0.39 is 16.1 Å². The zero-order chi connectivity index (χ0) is 16.6. The Kier molecular flexibility index (Phi) is 7.47. The van der Waals surface area contributed by atoms with Crippen LogP contribution in [-0.4, -0.2) is 31.1 Å². The molecule has 0 unspecified atom stereocenters. The second-order valence-corrected chi connectivity index (χ2v) is 7.46. The first-order chi connectivity index (χ1) is 10.4. The van der Waals surface area contributed by atoms with Crippen LogP contribution in [0, 0.1) is 5.92 Å². The Morgan fingerprint density at radius 3 is 2.64 bits per heavy atom. The molecule has 6 nitrogen and oxygen atoms in total. The van der Waals surface area contributed by atoms with Crippen molar-refractivity contribution in [3.05, 3.63) is 30.1 Å². The number of nitrogens with zero attached hydrogens (tertiary/aromatic N) is 1. The Balaban J connectivity index is 2.64. The molecular weight excluding hydrogens is 302 g/mol. The van der Waals surface area contributed by atoms with Gasteiger partial charge in [0.15, 0.2) is 0 Å². The Labute approximate surface area is 132 Å². The number of pyridine rings is 1. The monoisotopic (exact) mass is 327 g/mol. The lowest BCUT2D eigenvalue weighted by atomic mass is 10.0. The molecule has 22 heavy (non-hydrogen) atoms. The first-order valence-electron chi connectivity index (χ1n) is 7.52. The molecule has 1 amide bonds. The normalized spacial score (nSPS) is 13.1. The highest BCUT2D eigenvalue weighted by Crippen LogP contribution is 2.06. The molecule has 0 aromatic carbocycles. The highest BCUT2D eigenvalue weighted by Gasteiger charge is 2.26. The summed E-state index contributed by atoms with van der Waals surface area (Å²) < 4.78 is 26.5. The summed E-state index contributed by atoms with van der Waals surface area (Å²) in [6.07, 6.45) is 4.69. The van der Waals surface area contributed by atoms with Gasteiger partial charge in [0.05, 0.1) is 5.75 Å². The lowest BCUT2D eigenvalue weighted by Crippen LogP contribution is -2.50. The van der Waals surface area contributed by atoms with Crippen LogP contribution in [-0.2, 0) is 21.4 Å². The van der Waals surface area contributed by atoms with Crippen molar-refractivity contribution in [3.63, 3.8) is 0 Å². The van der Waals surface area contributed by atoms with Gasteiger partial charge in [-0.05, 0) is 24.0 Å². The second-order valence-electron chi connectivity index (χ2n) is 5.59. The van der Waals surface area contributed by atoms with Crippen LogP contribution in [0.25, 0.3) is 0 Å². The van der Waals surface area contributed by atoms with Gasteiger partial charge in [0, 0.05) is 18.9 Å². The number of aromatic nitrogens is 1. The van der Waals surface area contributed by atoms with Crippen LogP contribution < -0.4 is 10.0 Å². The number of hydrogen-bond donors (Lipinski definition) is 2. The summed E-state index contributed by atoms with van der Waals surface area (Å²) in [4.78, 5) is 16.2. The SMILES string of the molecule is CCCCS(=O)(=O)N[C@H](C(=O)NCc1cccnc1)C(C)C. The van der Waals surface area contributed by atoms with Gasteiger partial charge in [0.1, 0.15) is 6.04 Å². The van der Waals surface area contributed by atoms with Gasteiger partial charge < -0.3 is 5.32 Å². The first-order valence-corrected chi connectivity index (χ1v) is 9.17. The van der Waals surface area contributed by atoms with Crippen LogP contribution >= 0.6 is 0 Å². The summed E-state index contributed by atoms with van der Waals surface area (Å²) in [6.45, 7) is 5.88. The summed E-state index contributed by atoms with van der Waals surface area (Å²) in [7, 11) is -3.44. The molecule has 7 heteroatoms. The molecule has 0 saturated carbocycles. The largest absolute Gasteiger partial charge is 0.351 e. The Hall–Kier alpha value is -1.47. The molecule has 1 heterocycles. The van der Waals surface area contributed by atoms with Gasteiger partial charge in [0.2, 0.25) is 15.9 Å². The molecule has 1 aromatic rings. The van der Waals surface area contributed by atoms with E-state index in [-0.39, 0.29) is 17.6 Å². The molecule has 1 aromatic heterocycles. The molecule has 0 bridgehead atoms. The first kappa shape index (κ1) is 18.6.